The van der Waals surface area contributed by atoms with Crippen molar-refractivity contribution in [1.82, 2.24) is 4.90 Å². The highest BCUT2D eigenvalue weighted by atomic mass is 19.3. The third-order valence-corrected chi connectivity index (χ3v) is 2.79. The Balaban J connectivity index is 2.47. The zero-order valence-electron chi connectivity index (χ0n) is 8.13. The molecule has 0 aliphatic carbocycles. The van der Waals surface area contributed by atoms with Crippen LogP contribution in [0, 0.1) is 0 Å². The van der Waals surface area contributed by atoms with Crippen molar-refractivity contribution in [2.45, 2.75) is 44.3 Å². The van der Waals surface area contributed by atoms with Crippen LogP contribution in [0.3, 0.4) is 0 Å². The Morgan fingerprint density at radius 2 is 2.23 bits per heavy atom. The van der Waals surface area contributed by atoms with Crippen molar-refractivity contribution in [1.29, 1.82) is 0 Å². The van der Waals surface area contributed by atoms with E-state index in [1.54, 1.807) is 0 Å². The first-order valence-corrected chi connectivity index (χ1v) is 4.69. The second-order valence-electron chi connectivity index (χ2n) is 3.92. The van der Waals surface area contributed by atoms with E-state index in [1.165, 1.54) is 0 Å². The Kier molecular flexibility index (Phi) is 3.24. The highest BCUT2D eigenvalue weighted by Gasteiger charge is 2.39. The summed E-state index contributed by atoms with van der Waals surface area (Å²) in [6.07, 6.45) is 0.0401. The maximum atomic E-state index is 13.1. The van der Waals surface area contributed by atoms with Crippen LogP contribution in [-0.2, 0) is 0 Å². The minimum Gasteiger partial charge on any atom is -0.387 e. The van der Waals surface area contributed by atoms with Crippen LogP contribution in [0.25, 0.3) is 0 Å². The van der Waals surface area contributed by atoms with Gasteiger partial charge in [0.15, 0.2) is 0 Å². The lowest BCUT2D eigenvalue weighted by atomic mass is 10.0. The van der Waals surface area contributed by atoms with E-state index < -0.39 is 12.0 Å². The van der Waals surface area contributed by atoms with Gasteiger partial charge in [-0.15, -0.1) is 0 Å². The third kappa shape index (κ3) is 2.61. The number of hydrogen-bond acceptors (Lipinski definition) is 2. The van der Waals surface area contributed by atoms with Gasteiger partial charge in [-0.05, 0) is 33.4 Å². The highest BCUT2D eigenvalue weighted by molar-refractivity contribution is 4.84. The summed E-state index contributed by atoms with van der Waals surface area (Å²) in [5, 5.41) is 8.86. The molecule has 2 unspecified atom stereocenters. The van der Waals surface area contributed by atoms with Crippen LogP contribution < -0.4 is 0 Å². The smallest absolute Gasteiger partial charge is 0.274 e. The fourth-order valence-electron chi connectivity index (χ4n) is 1.72. The zero-order chi connectivity index (χ0) is 10.1. The number of halogens is 2. The SMILES string of the molecule is CC(O)C(F)(F)CC1CCCN1C. The van der Waals surface area contributed by atoms with Crippen molar-refractivity contribution in [3.05, 3.63) is 0 Å². The minimum absolute atomic E-state index is 0.0652. The lowest BCUT2D eigenvalue weighted by Gasteiger charge is -2.26. The molecule has 1 N–H and O–H groups in total. The zero-order valence-corrected chi connectivity index (χ0v) is 8.13. The number of aliphatic hydroxyl groups excluding tert-OH is 1. The summed E-state index contributed by atoms with van der Waals surface area (Å²) in [4.78, 5) is 1.94. The molecule has 0 radical (unpaired) electrons. The molecule has 1 heterocycles. The molecule has 13 heavy (non-hydrogen) atoms. The van der Waals surface area contributed by atoms with Gasteiger partial charge in [0, 0.05) is 12.5 Å². The van der Waals surface area contributed by atoms with Crippen LogP contribution in [0.4, 0.5) is 8.78 Å². The van der Waals surface area contributed by atoms with Gasteiger partial charge in [-0.2, -0.15) is 0 Å². The molecule has 0 aromatic heterocycles. The monoisotopic (exact) mass is 193 g/mol. The first-order chi connectivity index (χ1) is 5.93. The molecular weight excluding hydrogens is 176 g/mol. The lowest BCUT2D eigenvalue weighted by Crippen LogP contribution is -2.38. The predicted octanol–water partition coefficient (Wildman–Crippen LogP) is 1.49. The fraction of sp³-hybridized carbons (Fsp3) is 1.00. The van der Waals surface area contributed by atoms with E-state index in [9.17, 15) is 8.78 Å². The molecule has 78 valence electrons. The molecule has 0 amide bonds. The quantitative estimate of drug-likeness (QED) is 0.734. The molecule has 0 saturated carbocycles. The maximum absolute atomic E-state index is 13.1. The van der Waals surface area contributed by atoms with E-state index in [2.05, 4.69) is 0 Å². The summed E-state index contributed by atoms with van der Waals surface area (Å²) < 4.78 is 26.2. The molecule has 0 aromatic carbocycles. The van der Waals surface area contributed by atoms with E-state index in [4.69, 9.17) is 5.11 Å². The summed E-state index contributed by atoms with van der Waals surface area (Å²) in [7, 11) is 1.86. The van der Waals surface area contributed by atoms with Crippen LogP contribution >= 0.6 is 0 Å². The Morgan fingerprint density at radius 3 is 2.62 bits per heavy atom. The molecule has 2 nitrogen and oxygen atoms in total. The second kappa shape index (κ2) is 3.88. The van der Waals surface area contributed by atoms with Crippen molar-refractivity contribution in [2.75, 3.05) is 13.6 Å². The Hall–Kier alpha value is -0.220. The van der Waals surface area contributed by atoms with Crippen LogP contribution in [0.2, 0.25) is 0 Å². The van der Waals surface area contributed by atoms with Gasteiger partial charge in [0.1, 0.15) is 6.10 Å². The van der Waals surface area contributed by atoms with Crippen LogP contribution in [-0.4, -0.2) is 41.7 Å². The lowest BCUT2D eigenvalue weighted by molar-refractivity contribution is -0.114. The first-order valence-electron chi connectivity index (χ1n) is 4.69. The standard InChI is InChI=1S/C9H17F2NO/c1-7(13)9(10,11)6-8-4-3-5-12(8)2/h7-8,13H,3-6H2,1-2H3. The van der Waals surface area contributed by atoms with Gasteiger partial charge in [-0.1, -0.05) is 0 Å². The van der Waals surface area contributed by atoms with Gasteiger partial charge in [0.25, 0.3) is 5.92 Å². The number of likely N-dealkylation sites (tertiary alicyclic amines) is 1. The molecule has 1 aliphatic heterocycles. The van der Waals surface area contributed by atoms with Crippen molar-refractivity contribution < 1.29 is 13.9 Å². The summed E-state index contributed by atoms with van der Waals surface area (Å²) in [5.74, 6) is -2.94. The van der Waals surface area contributed by atoms with Gasteiger partial charge >= 0.3 is 0 Å². The number of alkyl halides is 2. The van der Waals surface area contributed by atoms with E-state index in [0.29, 0.717) is 0 Å². The van der Waals surface area contributed by atoms with Crippen molar-refractivity contribution >= 4 is 0 Å². The highest BCUT2D eigenvalue weighted by Crippen LogP contribution is 2.30. The van der Waals surface area contributed by atoms with Crippen LogP contribution in [0.1, 0.15) is 26.2 Å². The molecule has 1 rings (SSSR count). The molecule has 1 aliphatic rings. The number of rotatable bonds is 3. The van der Waals surface area contributed by atoms with Gasteiger partial charge in [-0.3, -0.25) is 0 Å². The summed E-state index contributed by atoms with van der Waals surface area (Å²) >= 11 is 0. The molecular formula is C9H17F2NO. The summed E-state index contributed by atoms with van der Waals surface area (Å²) in [5.41, 5.74) is 0. The predicted molar refractivity (Wildman–Crippen MR) is 46.9 cm³/mol. The molecule has 2 atom stereocenters. The maximum Gasteiger partial charge on any atom is 0.274 e. The molecule has 1 saturated heterocycles. The van der Waals surface area contributed by atoms with E-state index in [-0.39, 0.29) is 12.5 Å². The average Bonchev–Trinajstić information content (AvgIpc) is 2.35. The minimum atomic E-state index is -2.94. The Morgan fingerprint density at radius 1 is 1.62 bits per heavy atom. The molecule has 0 spiro atoms. The summed E-state index contributed by atoms with van der Waals surface area (Å²) in [6.45, 7) is 2.04. The molecule has 1 fully saturated rings. The molecule has 4 heteroatoms. The molecule has 0 aromatic rings. The van der Waals surface area contributed by atoms with Crippen molar-refractivity contribution in [3.8, 4) is 0 Å². The average molecular weight is 193 g/mol. The third-order valence-electron chi connectivity index (χ3n) is 2.79. The van der Waals surface area contributed by atoms with Gasteiger partial charge in [0.2, 0.25) is 0 Å². The fourth-order valence-corrected chi connectivity index (χ4v) is 1.72. The topological polar surface area (TPSA) is 23.5 Å². The van der Waals surface area contributed by atoms with E-state index in [0.717, 1.165) is 26.3 Å². The largest absolute Gasteiger partial charge is 0.387 e. The van der Waals surface area contributed by atoms with Gasteiger partial charge in [-0.25, -0.2) is 8.78 Å². The van der Waals surface area contributed by atoms with Gasteiger partial charge < -0.3 is 10.0 Å². The Labute approximate surface area is 77.5 Å². The number of hydrogen-bond donors (Lipinski definition) is 1. The number of aliphatic hydroxyl groups is 1. The molecule has 0 bridgehead atoms. The van der Waals surface area contributed by atoms with Crippen LogP contribution in [0.15, 0.2) is 0 Å². The van der Waals surface area contributed by atoms with E-state index in [1.807, 2.05) is 11.9 Å². The second-order valence-corrected chi connectivity index (χ2v) is 3.92. The van der Waals surface area contributed by atoms with Crippen molar-refractivity contribution in [2.24, 2.45) is 0 Å². The first kappa shape index (κ1) is 10.9. The van der Waals surface area contributed by atoms with E-state index >= 15 is 0 Å². The van der Waals surface area contributed by atoms with Crippen LogP contribution in [0.5, 0.6) is 0 Å². The summed E-state index contributed by atoms with van der Waals surface area (Å²) in [6, 6.07) is -0.0652. The van der Waals surface area contributed by atoms with Crippen molar-refractivity contribution in [3.63, 3.8) is 0 Å². The Bertz CT molecular complexity index is 173. The normalized spacial score (nSPS) is 27.9. The van der Waals surface area contributed by atoms with Gasteiger partial charge in [0.05, 0.1) is 0 Å². The number of nitrogens with zero attached hydrogens (tertiary/aromatic N) is 1.